The molecule has 0 fully saturated rings. The van der Waals surface area contributed by atoms with Crippen LogP contribution in [0.4, 0.5) is 0 Å². The minimum Gasteiger partial charge on any atom is -0.385 e. The molecule has 0 amide bonds. The van der Waals surface area contributed by atoms with Gasteiger partial charge in [-0.2, -0.15) is 0 Å². The van der Waals surface area contributed by atoms with Gasteiger partial charge in [-0.3, -0.25) is 0 Å². The van der Waals surface area contributed by atoms with Crippen LogP contribution in [0.1, 0.15) is 33.1 Å². The predicted octanol–water partition coefficient (Wildman–Crippen LogP) is 2.12. The summed E-state index contributed by atoms with van der Waals surface area (Å²) in [6.45, 7) is 7.40. The summed E-state index contributed by atoms with van der Waals surface area (Å²) in [4.78, 5) is 0. The molecule has 1 heteroatoms. The van der Waals surface area contributed by atoms with Crippen molar-refractivity contribution in [3.63, 3.8) is 0 Å². The summed E-state index contributed by atoms with van der Waals surface area (Å²) in [5.74, 6) is 2.37. The molecule has 0 aromatic heterocycles. The Balaban J connectivity index is 4.01. The highest BCUT2D eigenvalue weighted by Gasteiger charge is 2.21. The molecule has 11 heavy (non-hydrogen) atoms. The summed E-state index contributed by atoms with van der Waals surface area (Å²) in [7, 11) is 0. The maximum absolute atomic E-state index is 9.67. The van der Waals surface area contributed by atoms with E-state index < -0.39 is 5.60 Å². The Morgan fingerprint density at radius 3 is 2.64 bits per heavy atom. The maximum Gasteiger partial charge on any atom is 0.0939 e. The molecule has 0 aliphatic rings. The van der Waals surface area contributed by atoms with Crippen LogP contribution in [0.3, 0.4) is 0 Å². The molecule has 0 saturated heterocycles. The molecule has 1 nitrogen and oxygen atoms in total. The summed E-state index contributed by atoms with van der Waals surface area (Å²) < 4.78 is 0. The molecule has 0 bridgehead atoms. The van der Waals surface area contributed by atoms with Crippen molar-refractivity contribution < 1.29 is 5.11 Å². The van der Waals surface area contributed by atoms with Gasteiger partial charge in [0.15, 0.2) is 0 Å². The zero-order valence-electron chi connectivity index (χ0n) is 7.35. The molecular weight excluding hydrogens is 136 g/mol. The molecule has 0 aromatic carbocycles. The standard InChI is InChI=1S/C10H16O/c1-5-7-8-10(4,11)9(3)6-2/h2,11H,3,5,7-8H2,1,4H3. The minimum atomic E-state index is -0.870. The molecule has 1 unspecified atom stereocenters. The average Bonchev–Trinajstić information content (AvgIpc) is 1.99. The monoisotopic (exact) mass is 152 g/mol. The van der Waals surface area contributed by atoms with Crippen LogP contribution < -0.4 is 0 Å². The fourth-order valence-corrected chi connectivity index (χ4v) is 0.827. The highest BCUT2D eigenvalue weighted by Crippen LogP contribution is 2.20. The molecule has 0 rings (SSSR count). The number of rotatable bonds is 4. The molecular formula is C10H16O. The number of hydrogen-bond donors (Lipinski definition) is 1. The maximum atomic E-state index is 9.67. The Kier molecular flexibility index (Phi) is 3.92. The first-order chi connectivity index (χ1) is 5.04. The van der Waals surface area contributed by atoms with Gasteiger partial charge in [0, 0.05) is 5.57 Å². The van der Waals surface area contributed by atoms with Crippen LogP contribution in [0.5, 0.6) is 0 Å². The van der Waals surface area contributed by atoms with Gasteiger partial charge in [-0.05, 0) is 13.3 Å². The molecule has 0 saturated carbocycles. The van der Waals surface area contributed by atoms with Gasteiger partial charge < -0.3 is 5.11 Å². The SMILES string of the molecule is C#CC(=C)C(C)(O)CCCC. The van der Waals surface area contributed by atoms with E-state index in [2.05, 4.69) is 19.4 Å². The van der Waals surface area contributed by atoms with Crippen molar-refractivity contribution in [1.29, 1.82) is 0 Å². The van der Waals surface area contributed by atoms with Gasteiger partial charge in [0.25, 0.3) is 0 Å². The van der Waals surface area contributed by atoms with Crippen LogP contribution in [0.25, 0.3) is 0 Å². The third-order valence-corrected chi connectivity index (χ3v) is 1.84. The van der Waals surface area contributed by atoms with Crippen molar-refractivity contribution in [2.24, 2.45) is 0 Å². The van der Waals surface area contributed by atoms with E-state index in [4.69, 9.17) is 6.42 Å². The van der Waals surface area contributed by atoms with Gasteiger partial charge in [-0.1, -0.05) is 32.3 Å². The first-order valence-corrected chi connectivity index (χ1v) is 3.93. The summed E-state index contributed by atoms with van der Waals surface area (Å²) in [6, 6.07) is 0. The first kappa shape index (κ1) is 10.3. The number of unbranched alkanes of at least 4 members (excludes halogenated alkanes) is 1. The van der Waals surface area contributed by atoms with Crippen molar-refractivity contribution in [3.05, 3.63) is 12.2 Å². The van der Waals surface area contributed by atoms with Gasteiger partial charge in [-0.15, -0.1) is 6.42 Å². The van der Waals surface area contributed by atoms with Gasteiger partial charge in [0.2, 0.25) is 0 Å². The van der Waals surface area contributed by atoms with Crippen molar-refractivity contribution in [2.45, 2.75) is 38.7 Å². The molecule has 1 N–H and O–H groups in total. The third kappa shape index (κ3) is 3.25. The molecule has 0 aliphatic heterocycles. The van der Waals surface area contributed by atoms with Crippen LogP contribution in [0.15, 0.2) is 12.2 Å². The molecule has 1 atom stereocenters. The van der Waals surface area contributed by atoms with E-state index in [-0.39, 0.29) is 0 Å². The van der Waals surface area contributed by atoms with Crippen LogP contribution in [-0.4, -0.2) is 10.7 Å². The molecule has 62 valence electrons. The van der Waals surface area contributed by atoms with Crippen LogP contribution in [0, 0.1) is 12.3 Å². The number of hydrogen-bond acceptors (Lipinski definition) is 1. The second kappa shape index (κ2) is 4.20. The van der Waals surface area contributed by atoms with E-state index >= 15 is 0 Å². The second-order valence-electron chi connectivity index (χ2n) is 3.00. The van der Waals surface area contributed by atoms with Crippen LogP contribution in [0.2, 0.25) is 0 Å². The van der Waals surface area contributed by atoms with E-state index in [1.807, 2.05) is 0 Å². The lowest BCUT2D eigenvalue weighted by atomic mass is 9.92. The molecule has 0 aliphatic carbocycles. The van der Waals surface area contributed by atoms with E-state index in [0.29, 0.717) is 12.0 Å². The topological polar surface area (TPSA) is 20.2 Å². The summed E-state index contributed by atoms with van der Waals surface area (Å²) in [6.07, 6.45) is 7.86. The first-order valence-electron chi connectivity index (χ1n) is 3.93. The minimum absolute atomic E-state index is 0.478. The van der Waals surface area contributed by atoms with Crippen molar-refractivity contribution >= 4 is 0 Å². The molecule has 0 spiro atoms. The van der Waals surface area contributed by atoms with Gasteiger partial charge in [0.1, 0.15) is 0 Å². The molecule has 0 heterocycles. The molecule has 0 aromatic rings. The Morgan fingerprint density at radius 2 is 2.27 bits per heavy atom. The Morgan fingerprint density at radius 1 is 1.73 bits per heavy atom. The Bertz CT molecular complexity index is 172. The van der Waals surface area contributed by atoms with Crippen LogP contribution in [-0.2, 0) is 0 Å². The lowest BCUT2D eigenvalue weighted by molar-refractivity contribution is 0.0917. The fraction of sp³-hybridized carbons (Fsp3) is 0.600. The zero-order valence-corrected chi connectivity index (χ0v) is 7.35. The molecule has 0 radical (unpaired) electrons. The quantitative estimate of drug-likeness (QED) is 0.612. The van der Waals surface area contributed by atoms with Gasteiger partial charge in [0.05, 0.1) is 5.60 Å². The van der Waals surface area contributed by atoms with Crippen molar-refractivity contribution in [1.82, 2.24) is 0 Å². The summed E-state index contributed by atoms with van der Waals surface area (Å²) in [5.41, 5.74) is -0.393. The number of aliphatic hydroxyl groups is 1. The zero-order chi connectivity index (χ0) is 8.91. The normalized spacial score (nSPS) is 15.1. The average molecular weight is 152 g/mol. The summed E-state index contributed by atoms with van der Waals surface area (Å²) in [5, 5.41) is 9.67. The van der Waals surface area contributed by atoms with Gasteiger partial charge >= 0.3 is 0 Å². The smallest absolute Gasteiger partial charge is 0.0939 e. The third-order valence-electron chi connectivity index (χ3n) is 1.84. The predicted molar refractivity (Wildman–Crippen MR) is 48.1 cm³/mol. The fourth-order valence-electron chi connectivity index (χ4n) is 0.827. The van der Waals surface area contributed by atoms with E-state index in [1.54, 1.807) is 6.92 Å². The highest BCUT2D eigenvalue weighted by molar-refractivity contribution is 5.30. The Hall–Kier alpha value is -0.740. The largest absolute Gasteiger partial charge is 0.385 e. The van der Waals surface area contributed by atoms with Crippen LogP contribution >= 0.6 is 0 Å². The van der Waals surface area contributed by atoms with Crippen molar-refractivity contribution in [3.8, 4) is 12.3 Å². The van der Waals surface area contributed by atoms with E-state index in [0.717, 1.165) is 12.8 Å². The summed E-state index contributed by atoms with van der Waals surface area (Å²) >= 11 is 0. The highest BCUT2D eigenvalue weighted by atomic mass is 16.3. The lowest BCUT2D eigenvalue weighted by Gasteiger charge is -2.21. The van der Waals surface area contributed by atoms with E-state index in [1.165, 1.54) is 0 Å². The second-order valence-corrected chi connectivity index (χ2v) is 3.00. The van der Waals surface area contributed by atoms with Crippen molar-refractivity contribution in [2.75, 3.05) is 0 Å². The van der Waals surface area contributed by atoms with Gasteiger partial charge in [-0.25, -0.2) is 0 Å². The Labute approximate surface area is 69.1 Å². The number of terminal acetylenes is 1. The van der Waals surface area contributed by atoms with E-state index in [9.17, 15) is 5.11 Å². The lowest BCUT2D eigenvalue weighted by Crippen LogP contribution is -2.25.